The van der Waals surface area contributed by atoms with Gasteiger partial charge in [0, 0.05) is 18.6 Å². The van der Waals surface area contributed by atoms with Crippen molar-refractivity contribution in [3.8, 4) is 0 Å². The van der Waals surface area contributed by atoms with E-state index in [0.717, 1.165) is 6.54 Å². The molecule has 2 N–H and O–H groups in total. The highest BCUT2D eigenvalue weighted by atomic mass is 15.2. The summed E-state index contributed by atoms with van der Waals surface area (Å²) in [4.78, 5) is 2.40. The summed E-state index contributed by atoms with van der Waals surface area (Å²) >= 11 is 0. The molecule has 0 aromatic heterocycles. The summed E-state index contributed by atoms with van der Waals surface area (Å²) in [6.45, 7) is 7.52. The van der Waals surface area contributed by atoms with Gasteiger partial charge in [-0.05, 0) is 27.3 Å². The second kappa shape index (κ2) is 9.17. The Bertz CT molecular complexity index is 134. The second-order valence-electron chi connectivity index (χ2n) is 4.85. The molecule has 0 aliphatic heterocycles. The number of hydrogen-bond acceptors (Lipinski definition) is 2. The molecule has 0 rings (SSSR count). The fraction of sp³-hybridized carbons (Fsp3) is 1.00. The average molecular weight is 214 g/mol. The average Bonchev–Trinajstić information content (AvgIpc) is 2.22. The molecule has 0 saturated heterocycles. The van der Waals surface area contributed by atoms with Crippen LogP contribution in [0.2, 0.25) is 0 Å². The van der Waals surface area contributed by atoms with Gasteiger partial charge in [0.1, 0.15) is 0 Å². The Morgan fingerprint density at radius 1 is 1.07 bits per heavy atom. The molecule has 15 heavy (non-hydrogen) atoms. The van der Waals surface area contributed by atoms with Crippen molar-refractivity contribution in [3.63, 3.8) is 0 Å². The van der Waals surface area contributed by atoms with Crippen LogP contribution in [0.25, 0.3) is 0 Å². The van der Waals surface area contributed by atoms with Crippen LogP contribution in [0.4, 0.5) is 0 Å². The van der Waals surface area contributed by atoms with E-state index in [0.29, 0.717) is 12.1 Å². The van der Waals surface area contributed by atoms with E-state index >= 15 is 0 Å². The highest BCUT2D eigenvalue weighted by Gasteiger charge is 2.14. The lowest BCUT2D eigenvalue weighted by atomic mass is 10.0. The van der Waals surface area contributed by atoms with E-state index < -0.39 is 0 Å². The SMILES string of the molecule is CCCCCCCC(CN)N(C)C(C)C. The lowest BCUT2D eigenvalue weighted by Gasteiger charge is -2.30. The summed E-state index contributed by atoms with van der Waals surface area (Å²) in [6, 6.07) is 1.18. The third kappa shape index (κ3) is 6.91. The Morgan fingerprint density at radius 2 is 1.67 bits per heavy atom. The van der Waals surface area contributed by atoms with E-state index in [1.165, 1.54) is 38.5 Å². The predicted molar refractivity (Wildman–Crippen MR) is 69.1 cm³/mol. The molecule has 92 valence electrons. The molecule has 0 radical (unpaired) electrons. The van der Waals surface area contributed by atoms with E-state index in [9.17, 15) is 0 Å². The van der Waals surface area contributed by atoms with Crippen molar-refractivity contribution < 1.29 is 0 Å². The van der Waals surface area contributed by atoms with Crippen molar-refractivity contribution >= 4 is 0 Å². The second-order valence-corrected chi connectivity index (χ2v) is 4.85. The first-order valence-corrected chi connectivity index (χ1v) is 6.55. The molecule has 0 aromatic rings. The van der Waals surface area contributed by atoms with Gasteiger partial charge in [-0.15, -0.1) is 0 Å². The lowest BCUT2D eigenvalue weighted by Crippen LogP contribution is -2.41. The van der Waals surface area contributed by atoms with Gasteiger partial charge >= 0.3 is 0 Å². The summed E-state index contributed by atoms with van der Waals surface area (Å²) in [5.41, 5.74) is 5.81. The topological polar surface area (TPSA) is 29.3 Å². The molecule has 0 aliphatic rings. The largest absolute Gasteiger partial charge is 0.329 e. The molecule has 0 bridgehead atoms. The van der Waals surface area contributed by atoms with Crippen molar-refractivity contribution in [3.05, 3.63) is 0 Å². The van der Waals surface area contributed by atoms with E-state index in [2.05, 4.69) is 32.7 Å². The highest BCUT2D eigenvalue weighted by Crippen LogP contribution is 2.11. The summed E-state index contributed by atoms with van der Waals surface area (Å²) in [5, 5.41) is 0. The quantitative estimate of drug-likeness (QED) is 0.598. The van der Waals surface area contributed by atoms with Crippen molar-refractivity contribution in [1.29, 1.82) is 0 Å². The van der Waals surface area contributed by atoms with Gasteiger partial charge in [0.2, 0.25) is 0 Å². The zero-order valence-electron chi connectivity index (χ0n) is 11.1. The Hall–Kier alpha value is -0.0800. The monoisotopic (exact) mass is 214 g/mol. The van der Waals surface area contributed by atoms with Crippen LogP contribution in [0, 0.1) is 0 Å². The molecule has 0 aromatic carbocycles. The maximum atomic E-state index is 5.81. The fourth-order valence-corrected chi connectivity index (χ4v) is 1.89. The first-order chi connectivity index (χ1) is 7.13. The van der Waals surface area contributed by atoms with Crippen LogP contribution >= 0.6 is 0 Å². The lowest BCUT2D eigenvalue weighted by molar-refractivity contribution is 0.187. The van der Waals surface area contributed by atoms with Crippen LogP contribution in [0.15, 0.2) is 0 Å². The number of nitrogens with two attached hydrogens (primary N) is 1. The van der Waals surface area contributed by atoms with Gasteiger partial charge in [-0.2, -0.15) is 0 Å². The standard InChI is InChI=1S/C13H30N2/c1-5-6-7-8-9-10-13(11-14)15(4)12(2)3/h12-13H,5-11,14H2,1-4H3. The van der Waals surface area contributed by atoms with Crippen molar-refractivity contribution in [1.82, 2.24) is 4.90 Å². The van der Waals surface area contributed by atoms with Crippen LogP contribution in [0.3, 0.4) is 0 Å². The summed E-state index contributed by atoms with van der Waals surface area (Å²) in [7, 11) is 2.19. The van der Waals surface area contributed by atoms with Crippen LogP contribution in [0.5, 0.6) is 0 Å². The minimum atomic E-state index is 0.576. The van der Waals surface area contributed by atoms with Gasteiger partial charge in [-0.1, -0.05) is 39.0 Å². The van der Waals surface area contributed by atoms with Crippen LogP contribution < -0.4 is 5.73 Å². The van der Waals surface area contributed by atoms with Gasteiger partial charge in [-0.25, -0.2) is 0 Å². The first kappa shape index (κ1) is 14.9. The normalized spacial score (nSPS) is 13.8. The smallest absolute Gasteiger partial charge is 0.0218 e. The molecular formula is C13H30N2. The van der Waals surface area contributed by atoms with Gasteiger partial charge < -0.3 is 5.73 Å². The molecular weight excluding hydrogens is 184 g/mol. The van der Waals surface area contributed by atoms with E-state index in [-0.39, 0.29) is 0 Å². The predicted octanol–water partition coefficient (Wildman–Crippen LogP) is 3.01. The fourth-order valence-electron chi connectivity index (χ4n) is 1.89. The molecule has 0 fully saturated rings. The van der Waals surface area contributed by atoms with Gasteiger partial charge in [-0.3, -0.25) is 4.90 Å². The van der Waals surface area contributed by atoms with Crippen molar-refractivity contribution in [2.24, 2.45) is 5.73 Å². The molecule has 0 saturated carbocycles. The van der Waals surface area contributed by atoms with Crippen molar-refractivity contribution in [2.75, 3.05) is 13.6 Å². The summed E-state index contributed by atoms with van der Waals surface area (Å²) in [6.07, 6.45) is 8.06. The van der Waals surface area contributed by atoms with Crippen LogP contribution in [0.1, 0.15) is 59.3 Å². The number of hydrogen-bond donors (Lipinski definition) is 1. The number of unbranched alkanes of at least 4 members (excludes halogenated alkanes) is 4. The zero-order valence-corrected chi connectivity index (χ0v) is 11.1. The van der Waals surface area contributed by atoms with Crippen LogP contribution in [-0.4, -0.2) is 30.6 Å². The first-order valence-electron chi connectivity index (χ1n) is 6.55. The van der Waals surface area contributed by atoms with E-state index in [4.69, 9.17) is 5.73 Å². The molecule has 1 atom stereocenters. The Balaban J connectivity index is 3.61. The Morgan fingerprint density at radius 3 is 2.13 bits per heavy atom. The zero-order chi connectivity index (χ0) is 11.7. The summed E-state index contributed by atoms with van der Waals surface area (Å²) < 4.78 is 0. The maximum absolute atomic E-state index is 5.81. The third-order valence-corrected chi connectivity index (χ3v) is 3.30. The third-order valence-electron chi connectivity index (χ3n) is 3.30. The molecule has 2 nitrogen and oxygen atoms in total. The van der Waals surface area contributed by atoms with E-state index in [1.54, 1.807) is 0 Å². The van der Waals surface area contributed by atoms with Gasteiger partial charge in [0.15, 0.2) is 0 Å². The maximum Gasteiger partial charge on any atom is 0.0218 e. The number of rotatable bonds is 9. The molecule has 0 aliphatic carbocycles. The minimum absolute atomic E-state index is 0.576. The Labute approximate surface area is 96.2 Å². The molecule has 2 heteroatoms. The van der Waals surface area contributed by atoms with Crippen LogP contribution in [-0.2, 0) is 0 Å². The Kier molecular flexibility index (Phi) is 9.12. The molecule has 0 heterocycles. The number of likely N-dealkylation sites (N-methyl/N-ethyl adjacent to an activating group) is 1. The molecule has 0 amide bonds. The summed E-state index contributed by atoms with van der Waals surface area (Å²) in [5.74, 6) is 0. The molecule has 0 spiro atoms. The van der Waals surface area contributed by atoms with E-state index in [1.807, 2.05) is 0 Å². The molecule has 1 unspecified atom stereocenters. The van der Waals surface area contributed by atoms with Crippen molar-refractivity contribution in [2.45, 2.75) is 71.4 Å². The van der Waals surface area contributed by atoms with Gasteiger partial charge in [0.05, 0.1) is 0 Å². The highest BCUT2D eigenvalue weighted by molar-refractivity contribution is 4.72. The number of nitrogens with zero attached hydrogens (tertiary/aromatic N) is 1. The van der Waals surface area contributed by atoms with Gasteiger partial charge in [0.25, 0.3) is 0 Å². The minimum Gasteiger partial charge on any atom is -0.329 e.